The molecule has 0 N–H and O–H groups in total. The van der Waals surface area contributed by atoms with Crippen molar-refractivity contribution in [3.8, 4) is 0 Å². The summed E-state index contributed by atoms with van der Waals surface area (Å²) in [7, 11) is 0. The van der Waals surface area contributed by atoms with E-state index >= 15 is 0 Å². The molecule has 1 heteroatoms. The van der Waals surface area contributed by atoms with E-state index in [1.54, 1.807) is 22.3 Å². The standard InChI is InChI=1S/C26H27Br/c1-6-15-7-8-16-12-21-23(19(16)11-15)25(2,3)22-13-17-9-10-18(27)14-20(17)24(22)26(21,4)5/h7-12,14,23H,6,13H2,1-5H3. The Morgan fingerprint density at radius 2 is 1.81 bits per heavy atom. The van der Waals surface area contributed by atoms with Gasteiger partial charge in [0.25, 0.3) is 0 Å². The maximum Gasteiger partial charge on any atom is 0.0181 e. The third kappa shape index (κ3) is 2.21. The first-order chi connectivity index (χ1) is 12.7. The summed E-state index contributed by atoms with van der Waals surface area (Å²) in [5, 5.41) is 0. The third-order valence-corrected chi connectivity index (χ3v) is 7.84. The van der Waals surface area contributed by atoms with Crippen LogP contribution < -0.4 is 0 Å². The van der Waals surface area contributed by atoms with Gasteiger partial charge >= 0.3 is 0 Å². The van der Waals surface area contributed by atoms with Crippen LogP contribution in [0.1, 0.15) is 68.4 Å². The lowest BCUT2D eigenvalue weighted by atomic mass is 9.55. The van der Waals surface area contributed by atoms with Gasteiger partial charge in [0.05, 0.1) is 0 Å². The summed E-state index contributed by atoms with van der Waals surface area (Å²) in [5.74, 6) is 0.491. The maximum atomic E-state index is 3.71. The van der Waals surface area contributed by atoms with Crippen LogP contribution in [0, 0.1) is 10.8 Å². The molecule has 1 atom stereocenters. The van der Waals surface area contributed by atoms with E-state index in [-0.39, 0.29) is 10.8 Å². The Morgan fingerprint density at radius 3 is 2.56 bits per heavy atom. The van der Waals surface area contributed by atoms with Crippen molar-refractivity contribution in [2.75, 3.05) is 0 Å². The highest BCUT2D eigenvalue weighted by Gasteiger charge is 2.53. The lowest BCUT2D eigenvalue weighted by Gasteiger charge is -2.48. The van der Waals surface area contributed by atoms with Crippen LogP contribution in [0.25, 0.3) is 11.6 Å². The molecule has 5 rings (SSSR count). The van der Waals surface area contributed by atoms with Gasteiger partial charge in [0.15, 0.2) is 0 Å². The second-order valence-corrected chi connectivity index (χ2v) is 10.4. The number of hydrogen-bond donors (Lipinski definition) is 0. The van der Waals surface area contributed by atoms with Gasteiger partial charge in [-0.25, -0.2) is 0 Å². The van der Waals surface area contributed by atoms with Crippen LogP contribution >= 0.6 is 15.9 Å². The zero-order valence-electron chi connectivity index (χ0n) is 16.9. The highest BCUT2D eigenvalue weighted by atomic mass is 79.9. The molecule has 0 heterocycles. The van der Waals surface area contributed by atoms with Gasteiger partial charge in [0.1, 0.15) is 0 Å². The monoisotopic (exact) mass is 418 g/mol. The second-order valence-electron chi connectivity index (χ2n) is 9.53. The molecule has 1 unspecified atom stereocenters. The van der Waals surface area contributed by atoms with Crippen LogP contribution in [0.15, 0.2) is 52.0 Å². The summed E-state index contributed by atoms with van der Waals surface area (Å²) in [6, 6.07) is 14.0. The summed E-state index contributed by atoms with van der Waals surface area (Å²) in [6.45, 7) is 12.1. The fourth-order valence-electron chi connectivity index (χ4n) is 5.92. The molecule has 2 aromatic carbocycles. The molecule has 0 fully saturated rings. The van der Waals surface area contributed by atoms with Gasteiger partial charge in [-0.15, -0.1) is 0 Å². The van der Waals surface area contributed by atoms with Crippen molar-refractivity contribution >= 4 is 27.6 Å². The predicted molar refractivity (Wildman–Crippen MR) is 119 cm³/mol. The number of fused-ring (bicyclic) bond motifs is 5. The van der Waals surface area contributed by atoms with Gasteiger partial charge in [-0.05, 0) is 63.8 Å². The normalized spacial score (nSPS) is 23.5. The first-order valence-electron chi connectivity index (χ1n) is 10.1. The van der Waals surface area contributed by atoms with E-state index in [4.69, 9.17) is 0 Å². The van der Waals surface area contributed by atoms with Gasteiger partial charge in [0, 0.05) is 15.8 Å². The van der Waals surface area contributed by atoms with Crippen LogP contribution in [0.4, 0.5) is 0 Å². The molecule has 0 amide bonds. The number of aryl methyl sites for hydroxylation is 1. The van der Waals surface area contributed by atoms with Crippen LogP contribution in [0.3, 0.4) is 0 Å². The number of rotatable bonds is 1. The van der Waals surface area contributed by atoms with Crippen LogP contribution in [0.5, 0.6) is 0 Å². The lowest BCUT2D eigenvalue weighted by molar-refractivity contribution is 0.328. The quantitative estimate of drug-likeness (QED) is 0.447. The Kier molecular flexibility index (Phi) is 3.55. The summed E-state index contributed by atoms with van der Waals surface area (Å²) in [6.07, 6.45) is 4.70. The third-order valence-electron chi connectivity index (χ3n) is 7.35. The molecule has 0 spiro atoms. The van der Waals surface area contributed by atoms with E-state index in [0.29, 0.717) is 5.92 Å². The molecule has 0 saturated heterocycles. The maximum absolute atomic E-state index is 3.71. The zero-order chi connectivity index (χ0) is 19.1. The minimum atomic E-state index is 0.0625. The van der Waals surface area contributed by atoms with Crippen LogP contribution in [-0.2, 0) is 12.8 Å². The van der Waals surface area contributed by atoms with Crippen molar-refractivity contribution in [3.05, 3.63) is 79.8 Å². The highest BCUT2D eigenvalue weighted by molar-refractivity contribution is 9.10. The second kappa shape index (κ2) is 5.47. The average Bonchev–Trinajstić information content (AvgIpc) is 3.20. The Labute approximate surface area is 171 Å². The first kappa shape index (κ1) is 17.5. The summed E-state index contributed by atoms with van der Waals surface area (Å²) >= 11 is 3.71. The smallest absolute Gasteiger partial charge is 0.0181 e. The van der Waals surface area contributed by atoms with Gasteiger partial charge < -0.3 is 0 Å². The summed E-state index contributed by atoms with van der Waals surface area (Å²) in [5.41, 5.74) is 12.4. The highest BCUT2D eigenvalue weighted by Crippen LogP contribution is 2.67. The van der Waals surface area contributed by atoms with Crippen molar-refractivity contribution in [3.63, 3.8) is 0 Å². The molecule has 3 aliphatic rings. The van der Waals surface area contributed by atoms with Crippen molar-refractivity contribution < 1.29 is 0 Å². The molecular formula is C26H27Br. The molecule has 0 radical (unpaired) electrons. The van der Waals surface area contributed by atoms with E-state index in [1.165, 1.54) is 26.7 Å². The van der Waals surface area contributed by atoms with Crippen molar-refractivity contribution in [2.45, 2.75) is 53.4 Å². The Balaban J connectivity index is 1.77. The minimum absolute atomic E-state index is 0.0625. The molecular weight excluding hydrogens is 392 g/mol. The number of hydrogen-bond acceptors (Lipinski definition) is 0. The minimum Gasteiger partial charge on any atom is -0.0613 e. The van der Waals surface area contributed by atoms with Crippen LogP contribution in [0.2, 0.25) is 0 Å². The molecule has 138 valence electrons. The molecule has 0 aliphatic heterocycles. The molecule has 3 aliphatic carbocycles. The molecule has 0 aromatic heterocycles. The largest absolute Gasteiger partial charge is 0.0613 e. The van der Waals surface area contributed by atoms with Gasteiger partial charge in [-0.2, -0.15) is 0 Å². The van der Waals surface area contributed by atoms with Crippen molar-refractivity contribution in [1.82, 2.24) is 0 Å². The number of halogens is 1. The Bertz CT molecular complexity index is 1050. The molecule has 0 saturated carbocycles. The van der Waals surface area contributed by atoms with E-state index in [0.717, 1.165) is 12.8 Å². The van der Waals surface area contributed by atoms with Crippen molar-refractivity contribution in [1.29, 1.82) is 0 Å². The van der Waals surface area contributed by atoms with Gasteiger partial charge in [-0.3, -0.25) is 0 Å². The van der Waals surface area contributed by atoms with Gasteiger partial charge in [-0.1, -0.05) is 92.0 Å². The molecule has 27 heavy (non-hydrogen) atoms. The lowest BCUT2D eigenvalue weighted by Crippen LogP contribution is -2.36. The first-order valence-corrected chi connectivity index (χ1v) is 10.9. The van der Waals surface area contributed by atoms with Crippen molar-refractivity contribution in [2.24, 2.45) is 10.8 Å². The Morgan fingerprint density at radius 1 is 1.04 bits per heavy atom. The Hall–Kier alpha value is -1.60. The van der Waals surface area contributed by atoms with E-state index < -0.39 is 0 Å². The summed E-state index contributed by atoms with van der Waals surface area (Å²) < 4.78 is 1.18. The number of benzene rings is 2. The van der Waals surface area contributed by atoms with E-state index in [9.17, 15) is 0 Å². The number of allylic oxidation sites excluding steroid dienone is 3. The van der Waals surface area contributed by atoms with Crippen LogP contribution in [-0.4, -0.2) is 0 Å². The fraction of sp³-hybridized carbons (Fsp3) is 0.385. The SMILES string of the molecule is CCc1ccc2c(c1)C1C(=C2)C(C)(C)C2=C(Cc3ccc(Br)cc32)C1(C)C. The zero-order valence-corrected chi connectivity index (χ0v) is 18.5. The molecule has 0 bridgehead atoms. The summed E-state index contributed by atoms with van der Waals surface area (Å²) in [4.78, 5) is 0. The topological polar surface area (TPSA) is 0 Å². The molecule has 0 nitrogen and oxygen atoms in total. The van der Waals surface area contributed by atoms with E-state index in [2.05, 4.69) is 93.0 Å². The van der Waals surface area contributed by atoms with Gasteiger partial charge in [0.2, 0.25) is 0 Å². The fourth-order valence-corrected chi connectivity index (χ4v) is 6.28. The predicted octanol–water partition coefficient (Wildman–Crippen LogP) is 7.57. The molecule has 2 aromatic rings. The average molecular weight is 419 g/mol. The van der Waals surface area contributed by atoms with E-state index in [1.807, 2.05) is 0 Å².